The van der Waals surface area contributed by atoms with Crippen LogP contribution in [-0.4, -0.2) is 69.3 Å². The largest absolute Gasteiger partial charge is 0.368 e. The summed E-state index contributed by atoms with van der Waals surface area (Å²) in [4.78, 5) is 38.0. The van der Waals surface area contributed by atoms with Gasteiger partial charge in [0.2, 0.25) is 17.7 Å². The summed E-state index contributed by atoms with van der Waals surface area (Å²) >= 11 is 3.23. The number of thioether (sulfide) groups is 2. The maximum atomic E-state index is 12.3. The Morgan fingerprint density at radius 1 is 1.58 bits per heavy atom. The topological polar surface area (TPSA) is 83.7 Å². The third-order valence-electron chi connectivity index (χ3n) is 3.29. The zero-order valence-corrected chi connectivity index (χ0v) is 12.6. The second-order valence-corrected chi connectivity index (χ2v) is 7.41. The molecule has 2 atom stereocenters. The minimum absolute atomic E-state index is 0.00502. The van der Waals surface area contributed by atoms with Crippen LogP contribution in [0.4, 0.5) is 0 Å². The molecule has 0 spiro atoms. The van der Waals surface area contributed by atoms with Crippen LogP contribution in [-0.2, 0) is 14.4 Å². The molecule has 106 valence electrons. The van der Waals surface area contributed by atoms with Crippen LogP contribution >= 0.6 is 23.5 Å². The number of carbonyl (C=O) groups excluding carboxylic acids is 3. The normalized spacial score (nSPS) is 30.1. The first kappa shape index (κ1) is 14.5. The summed E-state index contributed by atoms with van der Waals surface area (Å²) in [6, 6.07) is -0.479. The highest BCUT2D eigenvalue weighted by Crippen LogP contribution is 2.44. The lowest BCUT2D eigenvalue weighted by Gasteiger charge is -2.40. The van der Waals surface area contributed by atoms with Gasteiger partial charge in [-0.3, -0.25) is 14.4 Å². The number of amides is 3. The van der Waals surface area contributed by atoms with Gasteiger partial charge in [0.25, 0.3) is 0 Å². The van der Waals surface area contributed by atoms with E-state index in [2.05, 4.69) is 0 Å². The molecule has 2 N–H and O–H groups in total. The van der Waals surface area contributed by atoms with Gasteiger partial charge in [-0.05, 0) is 6.92 Å². The van der Waals surface area contributed by atoms with Gasteiger partial charge >= 0.3 is 0 Å². The maximum absolute atomic E-state index is 12.3. The standard InChI is InChI=1S/C11H17N3O3S2/c1-11-6-18-5-9(16)14(11)7(4-19-11)10(17)13(2)3-8(12)15/h7H,3-6H2,1-2H3,(H2,12,15)/t7-,11+/m1/s1. The number of carbonyl (C=O) groups is 3. The van der Waals surface area contributed by atoms with Crippen LogP contribution in [0, 0.1) is 0 Å². The van der Waals surface area contributed by atoms with E-state index < -0.39 is 11.9 Å². The van der Waals surface area contributed by atoms with Crippen molar-refractivity contribution in [2.75, 3.05) is 30.9 Å². The van der Waals surface area contributed by atoms with E-state index in [0.29, 0.717) is 11.5 Å². The molecule has 2 saturated heterocycles. The average Bonchev–Trinajstić information content (AvgIpc) is 2.66. The average molecular weight is 303 g/mol. The minimum Gasteiger partial charge on any atom is -0.368 e. The fourth-order valence-corrected chi connectivity index (χ4v) is 5.12. The predicted octanol–water partition coefficient (Wildman–Crippen LogP) is -0.663. The summed E-state index contributed by atoms with van der Waals surface area (Å²) < 4.78 is 0. The van der Waals surface area contributed by atoms with Crippen molar-refractivity contribution in [2.45, 2.75) is 17.8 Å². The van der Waals surface area contributed by atoms with Gasteiger partial charge in [-0.25, -0.2) is 0 Å². The molecular formula is C11H17N3O3S2. The number of nitrogens with two attached hydrogens (primary N) is 1. The molecule has 0 aliphatic carbocycles. The second kappa shape index (κ2) is 5.24. The van der Waals surface area contributed by atoms with E-state index in [1.54, 1.807) is 28.4 Å². The predicted molar refractivity (Wildman–Crippen MR) is 75.7 cm³/mol. The Morgan fingerprint density at radius 3 is 2.89 bits per heavy atom. The molecule has 2 heterocycles. The third-order valence-corrected chi connectivity index (χ3v) is 6.14. The van der Waals surface area contributed by atoms with Crippen molar-refractivity contribution in [1.29, 1.82) is 0 Å². The van der Waals surface area contributed by atoms with E-state index in [9.17, 15) is 14.4 Å². The van der Waals surface area contributed by atoms with Gasteiger partial charge in [0, 0.05) is 18.6 Å². The molecule has 2 aliphatic rings. The molecule has 3 amide bonds. The van der Waals surface area contributed by atoms with Crippen LogP contribution in [0.25, 0.3) is 0 Å². The Labute approximate surface area is 120 Å². The number of primary amides is 1. The van der Waals surface area contributed by atoms with Crippen LogP contribution in [0.3, 0.4) is 0 Å². The number of hydrogen-bond donors (Lipinski definition) is 1. The van der Waals surface area contributed by atoms with Gasteiger partial charge in [0.15, 0.2) is 0 Å². The smallest absolute Gasteiger partial charge is 0.246 e. The van der Waals surface area contributed by atoms with Crippen LogP contribution in [0.2, 0.25) is 0 Å². The Morgan fingerprint density at radius 2 is 2.26 bits per heavy atom. The highest BCUT2D eigenvalue weighted by molar-refractivity contribution is 8.04. The lowest BCUT2D eigenvalue weighted by molar-refractivity contribution is -0.145. The SMILES string of the molecule is CN(CC(N)=O)C(=O)[C@H]1CS[C@@]2(C)CSCC(=O)N12. The molecule has 2 aliphatic heterocycles. The van der Waals surface area contributed by atoms with Gasteiger partial charge in [-0.1, -0.05) is 0 Å². The van der Waals surface area contributed by atoms with Gasteiger partial charge < -0.3 is 15.5 Å². The molecule has 0 saturated carbocycles. The Kier molecular flexibility index (Phi) is 4.00. The molecule has 0 unspecified atom stereocenters. The summed E-state index contributed by atoms with van der Waals surface area (Å²) in [6.07, 6.45) is 0. The Bertz CT molecular complexity index is 431. The number of likely N-dealkylation sites (N-methyl/N-ethyl adjacent to an activating group) is 1. The summed E-state index contributed by atoms with van der Waals surface area (Å²) in [5.41, 5.74) is 5.09. The third kappa shape index (κ3) is 2.69. The van der Waals surface area contributed by atoms with Gasteiger partial charge in [-0.2, -0.15) is 0 Å². The summed E-state index contributed by atoms with van der Waals surface area (Å²) in [6.45, 7) is 1.87. The molecule has 2 rings (SSSR count). The van der Waals surface area contributed by atoms with Crippen LogP contribution in [0.1, 0.15) is 6.92 Å². The lowest BCUT2D eigenvalue weighted by Crippen LogP contribution is -2.58. The summed E-state index contributed by atoms with van der Waals surface area (Å²) in [5, 5.41) is 0. The molecular weight excluding hydrogens is 286 g/mol. The molecule has 0 radical (unpaired) electrons. The van der Waals surface area contributed by atoms with Crippen LogP contribution < -0.4 is 5.73 Å². The fraction of sp³-hybridized carbons (Fsp3) is 0.727. The highest BCUT2D eigenvalue weighted by Gasteiger charge is 2.51. The monoisotopic (exact) mass is 303 g/mol. The van der Waals surface area contributed by atoms with Crippen molar-refractivity contribution in [2.24, 2.45) is 5.73 Å². The molecule has 0 bridgehead atoms. The lowest BCUT2D eigenvalue weighted by atomic mass is 10.2. The first-order chi connectivity index (χ1) is 8.85. The number of fused-ring (bicyclic) bond motifs is 1. The van der Waals surface area contributed by atoms with E-state index in [-0.39, 0.29) is 23.2 Å². The van der Waals surface area contributed by atoms with Gasteiger partial charge in [0.1, 0.15) is 6.04 Å². The van der Waals surface area contributed by atoms with Gasteiger partial charge in [0.05, 0.1) is 17.2 Å². The zero-order chi connectivity index (χ0) is 14.2. The van der Waals surface area contributed by atoms with Crippen molar-refractivity contribution in [3.63, 3.8) is 0 Å². The molecule has 0 aromatic rings. The van der Waals surface area contributed by atoms with E-state index in [1.807, 2.05) is 6.92 Å². The number of nitrogens with zero attached hydrogens (tertiary/aromatic N) is 2. The van der Waals surface area contributed by atoms with E-state index in [0.717, 1.165) is 5.75 Å². The van der Waals surface area contributed by atoms with Crippen molar-refractivity contribution < 1.29 is 14.4 Å². The summed E-state index contributed by atoms with van der Waals surface area (Å²) in [7, 11) is 1.54. The Hall–Kier alpha value is -0.890. The number of rotatable bonds is 3. The zero-order valence-electron chi connectivity index (χ0n) is 10.9. The quantitative estimate of drug-likeness (QED) is 0.748. The molecule has 6 nitrogen and oxygen atoms in total. The summed E-state index contributed by atoms with van der Waals surface area (Å²) in [5.74, 6) is 1.05. The first-order valence-corrected chi connectivity index (χ1v) is 8.06. The Balaban J connectivity index is 2.15. The molecule has 0 aromatic heterocycles. The number of hydrogen-bond acceptors (Lipinski definition) is 5. The second-order valence-electron chi connectivity index (χ2n) is 4.92. The van der Waals surface area contributed by atoms with Crippen molar-refractivity contribution in [3.05, 3.63) is 0 Å². The molecule has 2 fully saturated rings. The fourth-order valence-electron chi connectivity index (χ4n) is 2.43. The van der Waals surface area contributed by atoms with Crippen LogP contribution in [0.5, 0.6) is 0 Å². The van der Waals surface area contributed by atoms with Crippen molar-refractivity contribution in [1.82, 2.24) is 9.80 Å². The van der Waals surface area contributed by atoms with E-state index in [1.165, 1.54) is 11.9 Å². The van der Waals surface area contributed by atoms with Crippen LogP contribution in [0.15, 0.2) is 0 Å². The molecule has 0 aromatic carbocycles. The maximum Gasteiger partial charge on any atom is 0.246 e. The minimum atomic E-state index is -0.551. The van der Waals surface area contributed by atoms with Crippen molar-refractivity contribution >= 4 is 41.2 Å². The molecule has 8 heteroatoms. The van der Waals surface area contributed by atoms with E-state index >= 15 is 0 Å². The first-order valence-electron chi connectivity index (χ1n) is 5.92. The molecule has 19 heavy (non-hydrogen) atoms. The van der Waals surface area contributed by atoms with E-state index in [4.69, 9.17) is 5.73 Å². The van der Waals surface area contributed by atoms with Gasteiger partial charge in [-0.15, -0.1) is 23.5 Å². The van der Waals surface area contributed by atoms with Crippen molar-refractivity contribution in [3.8, 4) is 0 Å². The highest BCUT2D eigenvalue weighted by atomic mass is 32.2.